The van der Waals surface area contributed by atoms with E-state index >= 15 is 0 Å². The Morgan fingerprint density at radius 2 is 1.76 bits per heavy atom. The van der Waals surface area contributed by atoms with Crippen molar-refractivity contribution in [1.82, 2.24) is 0 Å². The molecule has 3 nitrogen and oxygen atoms in total. The van der Waals surface area contributed by atoms with Gasteiger partial charge in [-0.05, 0) is 23.8 Å². The standard InChI is InChI=1S/C15H11F3O3/c1-20-14(19)21-13-8-3-2-7-12(13)10-5-4-6-11(9-10)15(16,17)18/h2-9H,1H3. The zero-order valence-corrected chi connectivity index (χ0v) is 11.0. The minimum absolute atomic E-state index is 0.128. The number of benzene rings is 2. The van der Waals surface area contributed by atoms with Crippen LogP contribution in [0.5, 0.6) is 5.75 Å². The van der Waals surface area contributed by atoms with Crippen molar-refractivity contribution >= 4 is 6.16 Å². The van der Waals surface area contributed by atoms with Crippen LogP contribution in [-0.2, 0) is 10.9 Å². The number of alkyl halides is 3. The number of carbonyl (C=O) groups excluding carboxylic acids is 1. The maximum Gasteiger partial charge on any atom is 0.513 e. The highest BCUT2D eigenvalue weighted by Crippen LogP contribution is 2.35. The molecule has 0 saturated carbocycles. The summed E-state index contributed by atoms with van der Waals surface area (Å²) in [4.78, 5) is 11.2. The molecule has 2 aromatic rings. The van der Waals surface area contributed by atoms with Gasteiger partial charge in [-0.2, -0.15) is 13.2 Å². The largest absolute Gasteiger partial charge is 0.513 e. The molecular weight excluding hydrogens is 285 g/mol. The van der Waals surface area contributed by atoms with E-state index in [2.05, 4.69) is 4.74 Å². The van der Waals surface area contributed by atoms with E-state index in [0.29, 0.717) is 11.1 Å². The van der Waals surface area contributed by atoms with Gasteiger partial charge in [0.25, 0.3) is 0 Å². The predicted molar refractivity (Wildman–Crippen MR) is 69.9 cm³/mol. The number of ether oxygens (including phenoxy) is 2. The Balaban J connectivity index is 2.45. The molecule has 0 spiro atoms. The van der Waals surface area contributed by atoms with Crippen molar-refractivity contribution in [3.8, 4) is 16.9 Å². The molecule has 0 radical (unpaired) electrons. The van der Waals surface area contributed by atoms with Crippen LogP contribution in [0.25, 0.3) is 11.1 Å². The second kappa shape index (κ2) is 5.87. The SMILES string of the molecule is COC(=O)Oc1ccccc1-c1cccc(C(F)(F)F)c1. The van der Waals surface area contributed by atoms with Crippen molar-refractivity contribution in [3.63, 3.8) is 0 Å². The summed E-state index contributed by atoms with van der Waals surface area (Å²) in [7, 11) is 1.15. The molecule has 0 amide bonds. The van der Waals surface area contributed by atoms with Crippen molar-refractivity contribution in [2.24, 2.45) is 0 Å². The fraction of sp³-hybridized carbons (Fsp3) is 0.133. The Bertz CT molecular complexity index is 651. The Morgan fingerprint density at radius 1 is 1.05 bits per heavy atom. The van der Waals surface area contributed by atoms with Gasteiger partial charge in [-0.3, -0.25) is 0 Å². The number of hydrogen-bond donors (Lipinski definition) is 0. The molecule has 6 heteroatoms. The first-order valence-electron chi connectivity index (χ1n) is 5.94. The topological polar surface area (TPSA) is 35.5 Å². The maximum absolute atomic E-state index is 12.7. The number of para-hydroxylation sites is 1. The lowest BCUT2D eigenvalue weighted by molar-refractivity contribution is -0.137. The molecule has 0 aliphatic rings. The molecule has 0 aromatic heterocycles. The summed E-state index contributed by atoms with van der Waals surface area (Å²) < 4.78 is 47.5. The van der Waals surface area contributed by atoms with Crippen molar-refractivity contribution in [2.75, 3.05) is 7.11 Å². The Morgan fingerprint density at radius 3 is 2.43 bits per heavy atom. The summed E-state index contributed by atoms with van der Waals surface area (Å²) in [6.45, 7) is 0. The van der Waals surface area contributed by atoms with Gasteiger partial charge in [-0.25, -0.2) is 4.79 Å². The molecule has 21 heavy (non-hydrogen) atoms. The lowest BCUT2D eigenvalue weighted by Gasteiger charge is -2.11. The first-order chi connectivity index (χ1) is 9.91. The molecule has 2 aromatic carbocycles. The van der Waals surface area contributed by atoms with Crippen LogP contribution in [0.1, 0.15) is 5.56 Å². The van der Waals surface area contributed by atoms with Crippen LogP contribution in [0.3, 0.4) is 0 Å². The van der Waals surface area contributed by atoms with Crippen LogP contribution in [0.2, 0.25) is 0 Å². The highest BCUT2D eigenvalue weighted by molar-refractivity contribution is 5.75. The molecule has 0 N–H and O–H groups in total. The predicted octanol–water partition coefficient (Wildman–Crippen LogP) is 4.52. The van der Waals surface area contributed by atoms with E-state index in [0.717, 1.165) is 19.2 Å². The molecule has 0 aliphatic heterocycles. The monoisotopic (exact) mass is 296 g/mol. The summed E-state index contributed by atoms with van der Waals surface area (Å²) in [6.07, 6.45) is -5.37. The van der Waals surface area contributed by atoms with Gasteiger partial charge in [0.15, 0.2) is 0 Å². The van der Waals surface area contributed by atoms with Gasteiger partial charge in [0.05, 0.1) is 12.7 Å². The highest BCUT2D eigenvalue weighted by atomic mass is 19.4. The van der Waals surface area contributed by atoms with E-state index < -0.39 is 17.9 Å². The number of halogens is 3. The van der Waals surface area contributed by atoms with Crippen molar-refractivity contribution in [3.05, 3.63) is 54.1 Å². The van der Waals surface area contributed by atoms with Crippen LogP contribution < -0.4 is 4.74 Å². The summed E-state index contributed by atoms with van der Waals surface area (Å²) in [5, 5.41) is 0. The van der Waals surface area contributed by atoms with Crippen LogP contribution in [0.15, 0.2) is 48.5 Å². The van der Waals surface area contributed by atoms with Crippen LogP contribution in [0.4, 0.5) is 18.0 Å². The summed E-state index contributed by atoms with van der Waals surface area (Å²) in [6, 6.07) is 11.1. The van der Waals surface area contributed by atoms with Crippen LogP contribution in [-0.4, -0.2) is 13.3 Å². The lowest BCUT2D eigenvalue weighted by atomic mass is 10.0. The first kappa shape index (κ1) is 14.9. The summed E-state index contributed by atoms with van der Waals surface area (Å²) >= 11 is 0. The van der Waals surface area contributed by atoms with E-state index in [9.17, 15) is 18.0 Å². The van der Waals surface area contributed by atoms with Crippen molar-refractivity contribution in [2.45, 2.75) is 6.18 Å². The minimum atomic E-state index is -4.44. The number of methoxy groups -OCH3 is 1. The van der Waals surface area contributed by atoms with Gasteiger partial charge in [-0.1, -0.05) is 30.3 Å². The normalized spacial score (nSPS) is 11.0. The fourth-order valence-corrected chi connectivity index (χ4v) is 1.79. The van der Waals surface area contributed by atoms with Crippen LogP contribution in [0, 0.1) is 0 Å². The molecule has 0 saturated heterocycles. The quantitative estimate of drug-likeness (QED) is 0.604. The average Bonchev–Trinajstić information content (AvgIpc) is 2.47. The second-order valence-electron chi connectivity index (χ2n) is 4.13. The average molecular weight is 296 g/mol. The molecule has 2 rings (SSSR count). The molecule has 0 fully saturated rings. The maximum atomic E-state index is 12.7. The fourth-order valence-electron chi connectivity index (χ4n) is 1.79. The smallest absolute Gasteiger partial charge is 0.437 e. The third-order valence-electron chi connectivity index (χ3n) is 2.75. The molecule has 0 unspecified atom stereocenters. The summed E-state index contributed by atoms with van der Waals surface area (Å²) in [5.41, 5.74) is -0.105. The van der Waals surface area contributed by atoms with E-state index in [4.69, 9.17) is 4.74 Å². The van der Waals surface area contributed by atoms with E-state index in [1.54, 1.807) is 18.2 Å². The minimum Gasteiger partial charge on any atom is -0.437 e. The third-order valence-corrected chi connectivity index (χ3v) is 2.75. The summed E-state index contributed by atoms with van der Waals surface area (Å²) in [5.74, 6) is 0.128. The van der Waals surface area contributed by atoms with Gasteiger partial charge in [-0.15, -0.1) is 0 Å². The highest BCUT2D eigenvalue weighted by Gasteiger charge is 2.30. The van der Waals surface area contributed by atoms with Crippen molar-refractivity contribution in [1.29, 1.82) is 0 Å². The number of hydrogen-bond acceptors (Lipinski definition) is 3. The molecule has 0 atom stereocenters. The molecule has 0 heterocycles. The van der Waals surface area contributed by atoms with E-state index in [1.807, 2.05) is 0 Å². The van der Waals surface area contributed by atoms with Gasteiger partial charge in [0, 0.05) is 5.56 Å². The van der Waals surface area contributed by atoms with Crippen molar-refractivity contribution < 1.29 is 27.4 Å². The zero-order chi connectivity index (χ0) is 15.5. The molecule has 0 aliphatic carbocycles. The van der Waals surface area contributed by atoms with E-state index in [1.165, 1.54) is 18.2 Å². The third kappa shape index (κ3) is 3.53. The molecule has 110 valence electrons. The Hall–Kier alpha value is -2.50. The van der Waals surface area contributed by atoms with Gasteiger partial charge in [0.1, 0.15) is 5.75 Å². The Kier molecular flexibility index (Phi) is 4.16. The molecular formula is C15H11F3O3. The molecule has 0 bridgehead atoms. The van der Waals surface area contributed by atoms with Gasteiger partial charge >= 0.3 is 12.3 Å². The van der Waals surface area contributed by atoms with Gasteiger partial charge in [0.2, 0.25) is 0 Å². The first-order valence-corrected chi connectivity index (χ1v) is 5.94. The lowest BCUT2D eigenvalue weighted by Crippen LogP contribution is -2.08. The number of rotatable bonds is 2. The van der Waals surface area contributed by atoms with E-state index in [-0.39, 0.29) is 5.75 Å². The Labute approximate surface area is 118 Å². The second-order valence-corrected chi connectivity index (χ2v) is 4.13. The van der Waals surface area contributed by atoms with Gasteiger partial charge < -0.3 is 9.47 Å². The van der Waals surface area contributed by atoms with Crippen LogP contribution >= 0.6 is 0 Å². The number of carbonyl (C=O) groups is 1. The zero-order valence-electron chi connectivity index (χ0n) is 11.0.